The van der Waals surface area contributed by atoms with Crippen LogP contribution in [0.5, 0.6) is 0 Å². The summed E-state index contributed by atoms with van der Waals surface area (Å²) in [7, 11) is 0. The molecular formula is C11H19N3S. The van der Waals surface area contributed by atoms with E-state index in [9.17, 15) is 0 Å². The summed E-state index contributed by atoms with van der Waals surface area (Å²) in [5.74, 6) is 0.581. The van der Waals surface area contributed by atoms with Crippen molar-refractivity contribution in [3.63, 3.8) is 0 Å². The zero-order valence-electron chi connectivity index (χ0n) is 9.39. The highest BCUT2D eigenvalue weighted by Crippen LogP contribution is 2.23. The van der Waals surface area contributed by atoms with Crippen molar-refractivity contribution >= 4 is 11.3 Å². The van der Waals surface area contributed by atoms with Crippen LogP contribution in [0.2, 0.25) is 0 Å². The maximum Gasteiger partial charge on any atom is 0.0795 e. The average Bonchev–Trinajstić information content (AvgIpc) is 2.72. The molecule has 3 atom stereocenters. The van der Waals surface area contributed by atoms with E-state index in [1.165, 1.54) is 5.69 Å². The van der Waals surface area contributed by atoms with Crippen molar-refractivity contribution in [2.24, 2.45) is 11.7 Å². The summed E-state index contributed by atoms with van der Waals surface area (Å²) < 4.78 is 0. The first-order chi connectivity index (χ1) is 7.18. The summed E-state index contributed by atoms with van der Waals surface area (Å²) in [4.78, 5) is 6.82. The van der Waals surface area contributed by atoms with Gasteiger partial charge in [0.15, 0.2) is 0 Å². The molecule has 1 aliphatic rings. The summed E-state index contributed by atoms with van der Waals surface area (Å²) in [6.45, 7) is 6.60. The van der Waals surface area contributed by atoms with Crippen molar-refractivity contribution < 1.29 is 0 Å². The van der Waals surface area contributed by atoms with Crippen molar-refractivity contribution in [3.8, 4) is 0 Å². The second kappa shape index (κ2) is 4.60. The van der Waals surface area contributed by atoms with Crippen LogP contribution in [0.4, 0.5) is 0 Å². The molecule has 0 aromatic carbocycles. The number of aromatic nitrogens is 1. The van der Waals surface area contributed by atoms with Crippen LogP contribution in [0.3, 0.4) is 0 Å². The van der Waals surface area contributed by atoms with Crippen LogP contribution >= 0.6 is 11.3 Å². The lowest BCUT2D eigenvalue weighted by Gasteiger charge is -2.41. The molecular weight excluding hydrogens is 206 g/mol. The Hall–Kier alpha value is -0.450. The SMILES string of the molecule is CC1C(N)CCN(Cc2cscn2)C1C. The summed E-state index contributed by atoms with van der Waals surface area (Å²) in [6, 6.07) is 0.933. The summed E-state index contributed by atoms with van der Waals surface area (Å²) in [5, 5.41) is 2.13. The van der Waals surface area contributed by atoms with E-state index in [0.717, 1.165) is 19.5 Å². The number of nitrogens with two attached hydrogens (primary N) is 1. The van der Waals surface area contributed by atoms with Crippen molar-refractivity contribution in [1.82, 2.24) is 9.88 Å². The predicted octanol–water partition coefficient (Wildman–Crippen LogP) is 1.70. The number of thiazole rings is 1. The molecule has 1 fully saturated rings. The molecule has 2 N–H and O–H groups in total. The number of likely N-dealkylation sites (tertiary alicyclic amines) is 1. The Morgan fingerprint density at radius 3 is 3.07 bits per heavy atom. The van der Waals surface area contributed by atoms with Gasteiger partial charge >= 0.3 is 0 Å². The normalized spacial score (nSPS) is 33.1. The van der Waals surface area contributed by atoms with Crippen molar-refractivity contribution in [2.45, 2.75) is 38.9 Å². The minimum Gasteiger partial charge on any atom is -0.327 e. The van der Waals surface area contributed by atoms with E-state index in [4.69, 9.17) is 5.73 Å². The lowest BCUT2D eigenvalue weighted by Crippen LogP contribution is -2.51. The average molecular weight is 225 g/mol. The minimum atomic E-state index is 0.367. The molecule has 1 aromatic heterocycles. The molecule has 84 valence electrons. The van der Waals surface area contributed by atoms with Gasteiger partial charge in [0.25, 0.3) is 0 Å². The Balaban J connectivity index is 1.98. The van der Waals surface area contributed by atoms with Crippen molar-refractivity contribution in [2.75, 3.05) is 6.54 Å². The van der Waals surface area contributed by atoms with E-state index in [0.29, 0.717) is 18.0 Å². The molecule has 4 heteroatoms. The van der Waals surface area contributed by atoms with Crippen molar-refractivity contribution in [1.29, 1.82) is 0 Å². The highest BCUT2D eigenvalue weighted by Gasteiger charge is 2.30. The Morgan fingerprint density at radius 1 is 1.60 bits per heavy atom. The Kier molecular flexibility index (Phi) is 3.38. The first-order valence-electron chi connectivity index (χ1n) is 5.55. The van der Waals surface area contributed by atoms with E-state index < -0.39 is 0 Å². The van der Waals surface area contributed by atoms with E-state index in [1.54, 1.807) is 11.3 Å². The number of piperidine rings is 1. The maximum absolute atomic E-state index is 6.06. The quantitative estimate of drug-likeness (QED) is 0.833. The topological polar surface area (TPSA) is 42.1 Å². The molecule has 0 aliphatic carbocycles. The van der Waals surface area contributed by atoms with Gasteiger partial charge in [0, 0.05) is 30.6 Å². The predicted molar refractivity (Wildman–Crippen MR) is 63.7 cm³/mol. The molecule has 0 saturated carbocycles. The Morgan fingerprint density at radius 2 is 2.40 bits per heavy atom. The first-order valence-corrected chi connectivity index (χ1v) is 6.49. The molecule has 0 bridgehead atoms. The van der Waals surface area contributed by atoms with Gasteiger partial charge in [-0.15, -0.1) is 11.3 Å². The largest absolute Gasteiger partial charge is 0.327 e. The third-order valence-corrected chi connectivity index (χ3v) is 4.25. The molecule has 1 aromatic rings. The number of rotatable bonds is 2. The summed E-state index contributed by atoms with van der Waals surface area (Å²) in [6.07, 6.45) is 1.11. The Bertz CT molecular complexity index is 299. The fraction of sp³-hybridized carbons (Fsp3) is 0.727. The smallest absolute Gasteiger partial charge is 0.0795 e. The number of hydrogen-bond acceptors (Lipinski definition) is 4. The van der Waals surface area contributed by atoms with Gasteiger partial charge in [-0.05, 0) is 19.3 Å². The van der Waals surface area contributed by atoms with Crippen LogP contribution in [-0.4, -0.2) is 28.5 Å². The number of hydrogen-bond donors (Lipinski definition) is 1. The molecule has 3 unspecified atom stereocenters. The van der Waals surface area contributed by atoms with Crippen LogP contribution in [0.25, 0.3) is 0 Å². The third-order valence-electron chi connectivity index (χ3n) is 3.61. The summed E-state index contributed by atoms with van der Waals surface area (Å²) >= 11 is 1.67. The van der Waals surface area contributed by atoms with Gasteiger partial charge < -0.3 is 5.73 Å². The lowest BCUT2D eigenvalue weighted by molar-refractivity contribution is 0.0900. The monoisotopic (exact) mass is 225 g/mol. The molecule has 0 radical (unpaired) electrons. The molecule has 1 saturated heterocycles. The lowest BCUT2D eigenvalue weighted by atomic mass is 9.87. The van der Waals surface area contributed by atoms with Gasteiger partial charge in [-0.3, -0.25) is 4.90 Å². The molecule has 2 heterocycles. The van der Waals surface area contributed by atoms with Crippen LogP contribution in [0.15, 0.2) is 10.9 Å². The van der Waals surface area contributed by atoms with Crippen LogP contribution in [0, 0.1) is 5.92 Å². The third kappa shape index (κ3) is 2.38. The van der Waals surface area contributed by atoms with E-state index in [2.05, 4.69) is 29.1 Å². The highest BCUT2D eigenvalue weighted by molar-refractivity contribution is 7.07. The van der Waals surface area contributed by atoms with Gasteiger partial charge in [0.1, 0.15) is 0 Å². The molecule has 15 heavy (non-hydrogen) atoms. The van der Waals surface area contributed by atoms with Crippen molar-refractivity contribution in [3.05, 3.63) is 16.6 Å². The van der Waals surface area contributed by atoms with Crippen LogP contribution < -0.4 is 5.73 Å². The van der Waals surface area contributed by atoms with E-state index in [-0.39, 0.29) is 0 Å². The maximum atomic E-state index is 6.06. The standard InChI is InChI=1S/C11H19N3S/c1-8-9(2)14(4-3-11(8)12)5-10-6-15-7-13-10/h6-9,11H,3-5,12H2,1-2H3. The second-order valence-corrected chi connectivity index (χ2v) is 5.22. The second-order valence-electron chi connectivity index (χ2n) is 4.50. The summed E-state index contributed by atoms with van der Waals surface area (Å²) in [5.41, 5.74) is 9.16. The molecule has 0 spiro atoms. The number of nitrogens with zero attached hydrogens (tertiary/aromatic N) is 2. The van der Waals surface area contributed by atoms with E-state index >= 15 is 0 Å². The zero-order valence-corrected chi connectivity index (χ0v) is 10.2. The molecule has 3 nitrogen and oxygen atoms in total. The molecule has 2 rings (SSSR count). The molecule has 1 aliphatic heterocycles. The first kappa shape index (κ1) is 11.0. The van der Waals surface area contributed by atoms with Crippen LogP contribution in [-0.2, 0) is 6.54 Å². The van der Waals surface area contributed by atoms with Gasteiger partial charge in [-0.25, -0.2) is 4.98 Å². The van der Waals surface area contributed by atoms with E-state index in [1.807, 2.05) is 5.51 Å². The van der Waals surface area contributed by atoms with Gasteiger partial charge in [-0.2, -0.15) is 0 Å². The highest BCUT2D eigenvalue weighted by atomic mass is 32.1. The Labute approximate surface area is 95.3 Å². The molecule has 0 amide bonds. The van der Waals surface area contributed by atoms with Gasteiger partial charge in [0.2, 0.25) is 0 Å². The van der Waals surface area contributed by atoms with Gasteiger partial charge in [-0.1, -0.05) is 6.92 Å². The van der Waals surface area contributed by atoms with Crippen LogP contribution in [0.1, 0.15) is 26.0 Å². The fourth-order valence-corrected chi connectivity index (χ4v) is 2.77. The van der Waals surface area contributed by atoms with Gasteiger partial charge in [0.05, 0.1) is 11.2 Å². The zero-order chi connectivity index (χ0) is 10.8. The minimum absolute atomic E-state index is 0.367. The fourth-order valence-electron chi connectivity index (χ4n) is 2.22.